The predicted octanol–water partition coefficient (Wildman–Crippen LogP) is 2.53. The molecule has 1 heterocycles. The van der Waals surface area contributed by atoms with Gasteiger partial charge in [-0.1, -0.05) is 6.07 Å². The molecule has 0 aromatic heterocycles. The molecule has 1 unspecified atom stereocenters. The number of ether oxygens (including phenoxy) is 2. The van der Waals surface area contributed by atoms with Crippen LogP contribution >= 0.6 is 0 Å². The number of benzene rings is 2. The lowest BCUT2D eigenvalue weighted by Gasteiger charge is -2.32. The molecule has 2 aromatic rings. The van der Waals surface area contributed by atoms with Crippen molar-refractivity contribution in [3.63, 3.8) is 0 Å². The number of carbonyl (C=O) groups excluding carboxylic acids is 3. The van der Waals surface area contributed by atoms with Crippen LogP contribution in [0.3, 0.4) is 0 Å². The van der Waals surface area contributed by atoms with Crippen LogP contribution in [-0.4, -0.2) is 37.5 Å². The summed E-state index contributed by atoms with van der Waals surface area (Å²) in [6.45, 7) is 3.42. The number of nitrogens with one attached hydrogen (secondary N) is 1. The zero-order valence-corrected chi connectivity index (χ0v) is 15.3. The van der Waals surface area contributed by atoms with Crippen molar-refractivity contribution in [1.29, 1.82) is 0 Å². The first kappa shape index (κ1) is 18.4. The molecule has 0 spiro atoms. The number of nitrogens with zero attached hydrogens (tertiary/aromatic N) is 1. The summed E-state index contributed by atoms with van der Waals surface area (Å²) < 4.78 is 10.2. The van der Waals surface area contributed by atoms with Gasteiger partial charge in [-0.25, -0.2) is 4.79 Å². The van der Waals surface area contributed by atoms with Gasteiger partial charge in [-0.15, -0.1) is 0 Å². The molecular weight excluding hydrogens is 348 g/mol. The molecule has 1 atom stereocenters. The lowest BCUT2D eigenvalue weighted by molar-refractivity contribution is -0.127. The van der Waals surface area contributed by atoms with Gasteiger partial charge in [0.05, 0.1) is 18.4 Å². The third-order valence-corrected chi connectivity index (χ3v) is 4.21. The molecule has 2 amide bonds. The zero-order valence-electron chi connectivity index (χ0n) is 15.3. The second-order valence-electron chi connectivity index (χ2n) is 6.27. The maximum Gasteiger partial charge on any atom is 0.337 e. The van der Waals surface area contributed by atoms with Gasteiger partial charge in [-0.2, -0.15) is 0 Å². The van der Waals surface area contributed by atoms with Gasteiger partial charge in [0.15, 0.2) is 6.10 Å². The van der Waals surface area contributed by atoms with Crippen molar-refractivity contribution in [3.05, 3.63) is 53.6 Å². The van der Waals surface area contributed by atoms with Gasteiger partial charge >= 0.3 is 5.97 Å². The van der Waals surface area contributed by atoms with Crippen LogP contribution in [-0.2, 0) is 14.3 Å². The Morgan fingerprint density at radius 1 is 1.19 bits per heavy atom. The van der Waals surface area contributed by atoms with E-state index in [1.165, 1.54) is 12.0 Å². The topological polar surface area (TPSA) is 84.9 Å². The van der Waals surface area contributed by atoms with Crippen LogP contribution in [0, 0.1) is 6.92 Å². The van der Waals surface area contributed by atoms with Crippen molar-refractivity contribution in [2.45, 2.75) is 20.0 Å². The summed E-state index contributed by atoms with van der Waals surface area (Å²) in [7, 11) is 1.30. The van der Waals surface area contributed by atoms with Crippen LogP contribution in [0.2, 0.25) is 0 Å². The van der Waals surface area contributed by atoms with Crippen LogP contribution in [0.4, 0.5) is 11.4 Å². The first-order chi connectivity index (χ1) is 12.9. The normalized spacial score (nSPS) is 15.6. The van der Waals surface area contributed by atoms with E-state index in [-0.39, 0.29) is 18.4 Å². The van der Waals surface area contributed by atoms with E-state index in [2.05, 4.69) is 10.1 Å². The molecule has 1 aliphatic rings. The molecule has 140 valence electrons. The molecule has 3 rings (SSSR count). The number of aryl methyl sites for hydroxylation is 1. The van der Waals surface area contributed by atoms with Gasteiger partial charge in [-0.3, -0.25) is 14.5 Å². The number of rotatable bonds is 4. The molecule has 2 aromatic carbocycles. The van der Waals surface area contributed by atoms with Gasteiger partial charge in [0.1, 0.15) is 12.3 Å². The Bertz CT molecular complexity index is 892. The lowest BCUT2D eigenvalue weighted by atomic mass is 10.1. The number of anilines is 2. The molecule has 27 heavy (non-hydrogen) atoms. The van der Waals surface area contributed by atoms with Crippen LogP contribution in [0.1, 0.15) is 22.8 Å². The fraction of sp³-hybridized carbons (Fsp3) is 0.250. The minimum absolute atomic E-state index is 0.137. The summed E-state index contributed by atoms with van der Waals surface area (Å²) in [5, 5.41) is 2.73. The molecule has 7 nitrogen and oxygen atoms in total. The Morgan fingerprint density at radius 2 is 1.89 bits per heavy atom. The Morgan fingerprint density at radius 3 is 2.56 bits per heavy atom. The molecule has 1 N–H and O–H groups in total. The average molecular weight is 368 g/mol. The number of methoxy groups -OCH3 is 1. The van der Waals surface area contributed by atoms with Crippen LogP contribution < -0.4 is 15.0 Å². The summed E-state index contributed by atoms with van der Waals surface area (Å²) in [6.07, 6.45) is -0.660. The molecule has 0 aliphatic carbocycles. The minimum Gasteiger partial charge on any atom is -0.479 e. The first-order valence-electron chi connectivity index (χ1n) is 8.46. The zero-order chi connectivity index (χ0) is 19.6. The monoisotopic (exact) mass is 368 g/mol. The highest BCUT2D eigenvalue weighted by molar-refractivity contribution is 6.06. The second kappa shape index (κ2) is 7.49. The summed E-state index contributed by atoms with van der Waals surface area (Å²) in [5.41, 5.74) is 2.45. The quantitative estimate of drug-likeness (QED) is 0.839. The number of fused-ring (bicyclic) bond motifs is 1. The van der Waals surface area contributed by atoms with Crippen molar-refractivity contribution < 1.29 is 23.9 Å². The Hall–Kier alpha value is -3.35. The molecule has 0 radical (unpaired) electrons. The third-order valence-electron chi connectivity index (χ3n) is 4.21. The number of esters is 1. The maximum absolute atomic E-state index is 12.5. The van der Waals surface area contributed by atoms with Crippen LogP contribution in [0.25, 0.3) is 0 Å². The van der Waals surface area contributed by atoms with Crippen molar-refractivity contribution in [1.82, 2.24) is 0 Å². The summed E-state index contributed by atoms with van der Waals surface area (Å²) >= 11 is 0. The molecule has 0 saturated carbocycles. The van der Waals surface area contributed by atoms with E-state index >= 15 is 0 Å². The minimum atomic E-state index is -0.660. The lowest BCUT2D eigenvalue weighted by Crippen LogP contribution is -2.47. The second-order valence-corrected chi connectivity index (χ2v) is 6.27. The number of amides is 2. The van der Waals surface area contributed by atoms with Gasteiger partial charge in [0, 0.05) is 5.69 Å². The smallest absolute Gasteiger partial charge is 0.337 e. The SMILES string of the molecule is COC(=O)c1ccc(NC(=O)CN2C(=O)C(C)Oc3ccc(C)cc32)cc1. The molecule has 0 saturated heterocycles. The van der Waals surface area contributed by atoms with Gasteiger partial charge in [0.2, 0.25) is 5.91 Å². The number of carbonyl (C=O) groups is 3. The largest absolute Gasteiger partial charge is 0.479 e. The molecule has 0 bridgehead atoms. The number of hydrogen-bond acceptors (Lipinski definition) is 5. The molecule has 1 aliphatic heterocycles. The van der Waals surface area contributed by atoms with Gasteiger partial charge in [0.25, 0.3) is 5.91 Å². The predicted molar refractivity (Wildman–Crippen MR) is 100 cm³/mol. The van der Waals surface area contributed by atoms with E-state index in [1.807, 2.05) is 19.1 Å². The van der Waals surface area contributed by atoms with Gasteiger partial charge < -0.3 is 14.8 Å². The Labute approximate surface area is 156 Å². The Balaban J connectivity index is 1.74. The van der Waals surface area contributed by atoms with Gasteiger partial charge in [-0.05, 0) is 55.8 Å². The highest BCUT2D eigenvalue weighted by Crippen LogP contribution is 2.34. The molecular formula is C20H20N2O5. The van der Waals surface area contributed by atoms with Crippen LogP contribution in [0.15, 0.2) is 42.5 Å². The summed E-state index contributed by atoms with van der Waals surface area (Å²) in [5.74, 6) is -0.504. The van der Waals surface area contributed by atoms with E-state index in [4.69, 9.17) is 4.74 Å². The van der Waals surface area contributed by atoms with E-state index in [9.17, 15) is 14.4 Å². The average Bonchev–Trinajstić information content (AvgIpc) is 2.66. The fourth-order valence-corrected chi connectivity index (χ4v) is 2.83. The first-order valence-corrected chi connectivity index (χ1v) is 8.46. The number of hydrogen-bond donors (Lipinski definition) is 1. The summed E-state index contributed by atoms with van der Waals surface area (Å²) in [4.78, 5) is 37.9. The standard InChI is InChI=1S/C20H20N2O5/c1-12-4-9-17-16(10-12)22(19(24)13(2)27-17)11-18(23)21-15-7-5-14(6-8-15)20(25)26-3/h4-10,13H,11H2,1-3H3,(H,21,23). The molecule has 7 heteroatoms. The highest BCUT2D eigenvalue weighted by atomic mass is 16.5. The third kappa shape index (κ3) is 3.92. The van der Waals surface area contributed by atoms with Crippen molar-refractivity contribution in [2.75, 3.05) is 23.9 Å². The van der Waals surface area contributed by atoms with E-state index in [1.54, 1.807) is 37.3 Å². The maximum atomic E-state index is 12.5. The van der Waals surface area contributed by atoms with Crippen molar-refractivity contribution in [2.24, 2.45) is 0 Å². The van der Waals surface area contributed by atoms with Crippen LogP contribution in [0.5, 0.6) is 5.75 Å². The van der Waals surface area contributed by atoms with E-state index in [0.29, 0.717) is 22.7 Å². The highest BCUT2D eigenvalue weighted by Gasteiger charge is 2.32. The van der Waals surface area contributed by atoms with E-state index < -0.39 is 12.1 Å². The fourth-order valence-electron chi connectivity index (χ4n) is 2.83. The van der Waals surface area contributed by atoms with E-state index in [0.717, 1.165) is 5.56 Å². The molecule has 0 fully saturated rings. The van der Waals surface area contributed by atoms with Crippen molar-refractivity contribution in [3.8, 4) is 5.75 Å². The Kier molecular flexibility index (Phi) is 5.12. The van der Waals surface area contributed by atoms with Crippen molar-refractivity contribution >= 4 is 29.2 Å². The summed E-state index contributed by atoms with van der Waals surface area (Å²) in [6, 6.07) is 11.8.